The van der Waals surface area contributed by atoms with E-state index in [0.717, 1.165) is 23.9 Å². The van der Waals surface area contributed by atoms with Crippen molar-refractivity contribution in [3.8, 4) is 0 Å². The minimum atomic E-state index is 0.377. The van der Waals surface area contributed by atoms with Crippen LogP contribution in [0.5, 0.6) is 0 Å². The zero-order valence-electron chi connectivity index (χ0n) is 13.3. The lowest BCUT2D eigenvalue weighted by Crippen LogP contribution is -2.36. The van der Waals surface area contributed by atoms with Gasteiger partial charge in [-0.1, -0.05) is 50.0 Å². The van der Waals surface area contributed by atoms with Gasteiger partial charge in [0, 0.05) is 10.0 Å². The second kappa shape index (κ2) is 6.89. The molecule has 0 spiro atoms. The van der Waals surface area contributed by atoms with Crippen molar-refractivity contribution in [3.05, 3.63) is 33.8 Å². The number of halogens is 2. The molecule has 3 heteroatoms. The predicted octanol–water partition coefficient (Wildman–Crippen LogP) is 5.57. The third-order valence-electron chi connectivity index (χ3n) is 5.16. The average Bonchev–Trinajstić information content (AvgIpc) is 2.41. The van der Waals surface area contributed by atoms with Crippen LogP contribution in [0.25, 0.3) is 0 Å². The van der Waals surface area contributed by atoms with Crippen molar-refractivity contribution in [1.29, 1.82) is 0 Å². The number of nitrogens with two attached hydrogens (primary N) is 1. The van der Waals surface area contributed by atoms with Gasteiger partial charge in [-0.25, -0.2) is 0 Å². The monoisotopic (exact) mass is 327 g/mol. The van der Waals surface area contributed by atoms with E-state index in [4.69, 9.17) is 28.9 Å². The molecule has 0 aromatic heterocycles. The van der Waals surface area contributed by atoms with Gasteiger partial charge in [-0.3, -0.25) is 0 Å². The number of rotatable bonds is 3. The zero-order valence-corrected chi connectivity index (χ0v) is 14.8. The van der Waals surface area contributed by atoms with Crippen LogP contribution in [-0.4, -0.2) is 6.54 Å². The van der Waals surface area contributed by atoms with Gasteiger partial charge in [-0.05, 0) is 73.1 Å². The molecular weight excluding hydrogens is 301 g/mol. The Kier molecular flexibility index (Phi) is 5.62. The predicted molar refractivity (Wildman–Crippen MR) is 93.0 cm³/mol. The van der Waals surface area contributed by atoms with Crippen LogP contribution in [0.15, 0.2) is 18.2 Å². The lowest BCUT2D eigenvalue weighted by Gasteiger charge is -2.42. The Hall–Kier alpha value is -0.240. The molecule has 3 atom stereocenters. The van der Waals surface area contributed by atoms with Crippen LogP contribution in [0.1, 0.15) is 45.6 Å². The molecule has 1 aromatic rings. The van der Waals surface area contributed by atoms with Crippen LogP contribution in [0.2, 0.25) is 10.0 Å². The highest BCUT2D eigenvalue weighted by atomic mass is 35.5. The van der Waals surface area contributed by atoms with Crippen molar-refractivity contribution in [2.24, 2.45) is 28.9 Å². The van der Waals surface area contributed by atoms with Gasteiger partial charge in [-0.15, -0.1) is 0 Å². The topological polar surface area (TPSA) is 26.0 Å². The maximum atomic E-state index is 6.35. The quantitative estimate of drug-likeness (QED) is 0.771. The molecule has 1 fully saturated rings. The fourth-order valence-electron chi connectivity index (χ4n) is 3.64. The van der Waals surface area contributed by atoms with Crippen LogP contribution < -0.4 is 5.73 Å². The molecule has 118 valence electrons. The minimum Gasteiger partial charge on any atom is -0.330 e. The number of hydrogen-bond donors (Lipinski definition) is 1. The lowest BCUT2D eigenvalue weighted by molar-refractivity contribution is 0.101. The van der Waals surface area contributed by atoms with E-state index in [-0.39, 0.29) is 0 Å². The van der Waals surface area contributed by atoms with Crippen LogP contribution >= 0.6 is 23.2 Å². The number of benzene rings is 1. The van der Waals surface area contributed by atoms with Crippen molar-refractivity contribution in [2.75, 3.05) is 6.54 Å². The summed E-state index contributed by atoms with van der Waals surface area (Å²) in [5.74, 6) is 2.03. The smallest absolute Gasteiger partial charge is 0.0452 e. The molecule has 0 heterocycles. The maximum Gasteiger partial charge on any atom is 0.0452 e. The van der Waals surface area contributed by atoms with E-state index in [9.17, 15) is 0 Å². The Morgan fingerprint density at radius 2 is 1.86 bits per heavy atom. The first-order valence-electron chi connectivity index (χ1n) is 7.95. The summed E-state index contributed by atoms with van der Waals surface area (Å²) >= 11 is 12.3. The second-order valence-electron chi connectivity index (χ2n) is 7.57. The summed E-state index contributed by atoms with van der Waals surface area (Å²) in [4.78, 5) is 0. The van der Waals surface area contributed by atoms with Gasteiger partial charge in [0.05, 0.1) is 0 Å². The third-order valence-corrected chi connectivity index (χ3v) is 5.75. The van der Waals surface area contributed by atoms with Crippen molar-refractivity contribution in [1.82, 2.24) is 0 Å². The molecule has 1 aliphatic carbocycles. The fraction of sp³-hybridized carbons (Fsp3) is 0.667. The summed E-state index contributed by atoms with van der Waals surface area (Å²) in [5, 5.41) is 1.49. The molecule has 21 heavy (non-hydrogen) atoms. The van der Waals surface area contributed by atoms with E-state index >= 15 is 0 Å². The molecule has 0 aliphatic heterocycles. The third kappa shape index (κ3) is 4.37. The average molecular weight is 328 g/mol. The normalized spacial score (nSPS) is 26.9. The van der Waals surface area contributed by atoms with Gasteiger partial charge in [-0.2, -0.15) is 0 Å². The second-order valence-corrected chi connectivity index (χ2v) is 8.42. The van der Waals surface area contributed by atoms with E-state index in [1.54, 1.807) is 0 Å². The van der Waals surface area contributed by atoms with Crippen molar-refractivity contribution in [2.45, 2.75) is 46.5 Å². The summed E-state index contributed by atoms with van der Waals surface area (Å²) in [6.07, 6.45) is 4.82. The van der Waals surface area contributed by atoms with Gasteiger partial charge >= 0.3 is 0 Å². The summed E-state index contributed by atoms with van der Waals surface area (Å²) in [6.45, 7) is 7.85. The van der Waals surface area contributed by atoms with E-state index in [0.29, 0.717) is 22.3 Å². The van der Waals surface area contributed by atoms with E-state index in [1.807, 2.05) is 12.1 Å². The van der Waals surface area contributed by atoms with Gasteiger partial charge in [0.25, 0.3) is 0 Å². The van der Waals surface area contributed by atoms with Gasteiger partial charge in [0.1, 0.15) is 0 Å². The summed E-state index contributed by atoms with van der Waals surface area (Å²) in [7, 11) is 0. The van der Waals surface area contributed by atoms with Crippen LogP contribution in [0, 0.1) is 23.2 Å². The molecule has 2 rings (SSSR count). The molecule has 0 bridgehead atoms. The van der Waals surface area contributed by atoms with Crippen molar-refractivity contribution in [3.63, 3.8) is 0 Å². The molecule has 1 aromatic carbocycles. The van der Waals surface area contributed by atoms with Gasteiger partial charge in [0.15, 0.2) is 0 Å². The molecule has 0 radical (unpaired) electrons. The van der Waals surface area contributed by atoms with Crippen LogP contribution in [0.3, 0.4) is 0 Å². The Labute approximate surface area is 139 Å². The fourth-order valence-corrected chi connectivity index (χ4v) is 4.13. The highest BCUT2D eigenvalue weighted by molar-refractivity contribution is 6.35. The van der Waals surface area contributed by atoms with Gasteiger partial charge in [0.2, 0.25) is 0 Å². The SMILES string of the molecule is CC(C)(C)C1CCC(CN)C(Cc2ccc(Cl)cc2Cl)C1. The summed E-state index contributed by atoms with van der Waals surface area (Å²) < 4.78 is 0. The Bertz CT molecular complexity index is 479. The van der Waals surface area contributed by atoms with E-state index in [2.05, 4.69) is 26.8 Å². The zero-order chi connectivity index (χ0) is 15.6. The van der Waals surface area contributed by atoms with E-state index in [1.165, 1.54) is 24.8 Å². The highest BCUT2D eigenvalue weighted by Crippen LogP contribution is 2.44. The first-order valence-corrected chi connectivity index (χ1v) is 8.71. The molecule has 1 aliphatic rings. The lowest BCUT2D eigenvalue weighted by atomic mass is 9.64. The maximum absolute atomic E-state index is 6.35. The van der Waals surface area contributed by atoms with Crippen LogP contribution in [0.4, 0.5) is 0 Å². The molecule has 0 saturated heterocycles. The molecular formula is C18H27Cl2N. The molecule has 3 unspecified atom stereocenters. The summed E-state index contributed by atoms with van der Waals surface area (Å²) in [5.41, 5.74) is 7.59. The number of hydrogen-bond acceptors (Lipinski definition) is 1. The molecule has 0 amide bonds. The minimum absolute atomic E-state index is 0.377. The Morgan fingerprint density at radius 1 is 1.14 bits per heavy atom. The molecule has 1 nitrogen and oxygen atoms in total. The van der Waals surface area contributed by atoms with Crippen LogP contribution in [-0.2, 0) is 6.42 Å². The first kappa shape index (κ1) is 17.1. The Morgan fingerprint density at radius 3 is 2.43 bits per heavy atom. The van der Waals surface area contributed by atoms with Gasteiger partial charge < -0.3 is 5.73 Å². The Balaban J connectivity index is 2.14. The standard InChI is InChI=1S/C18H27Cl2N/c1-18(2,3)15-6-4-13(11-21)14(9-15)8-12-5-7-16(19)10-17(12)20/h5,7,10,13-15H,4,6,8-9,11,21H2,1-3H3. The first-order chi connectivity index (χ1) is 9.81. The summed E-state index contributed by atoms with van der Waals surface area (Å²) in [6, 6.07) is 5.85. The largest absolute Gasteiger partial charge is 0.330 e. The van der Waals surface area contributed by atoms with Crippen molar-refractivity contribution >= 4 is 23.2 Å². The highest BCUT2D eigenvalue weighted by Gasteiger charge is 2.35. The van der Waals surface area contributed by atoms with Crippen molar-refractivity contribution < 1.29 is 0 Å². The molecule has 1 saturated carbocycles. The van der Waals surface area contributed by atoms with E-state index < -0.39 is 0 Å². The molecule has 2 N–H and O–H groups in total.